The highest BCUT2D eigenvalue weighted by atomic mass is 16.5. The summed E-state index contributed by atoms with van der Waals surface area (Å²) in [6.07, 6.45) is 1.51. The highest BCUT2D eigenvalue weighted by Gasteiger charge is 2.20. The second-order valence-electron chi connectivity index (χ2n) is 3.13. The molecule has 16 heavy (non-hydrogen) atoms. The number of hydrogen-bond acceptors (Lipinski definition) is 5. The van der Waals surface area contributed by atoms with E-state index in [2.05, 4.69) is 4.98 Å². The number of aromatic nitrogens is 1. The summed E-state index contributed by atoms with van der Waals surface area (Å²) in [7, 11) is 0. The zero-order chi connectivity index (χ0) is 11.5. The predicted octanol–water partition coefficient (Wildman–Crippen LogP) is 2.42. The third-order valence-electron chi connectivity index (χ3n) is 1.99. The molecular weight excluding hydrogens is 210 g/mol. The third kappa shape index (κ3) is 1.84. The summed E-state index contributed by atoms with van der Waals surface area (Å²) in [6, 6.07) is 3.43. The molecule has 0 aromatic carbocycles. The molecule has 0 aliphatic carbocycles. The molecule has 0 spiro atoms. The molecule has 2 heterocycles. The number of rotatable bonds is 3. The fourth-order valence-corrected chi connectivity index (χ4v) is 1.29. The maximum absolute atomic E-state index is 11.5. The van der Waals surface area contributed by atoms with Crippen molar-refractivity contribution in [3.05, 3.63) is 29.9 Å². The van der Waals surface area contributed by atoms with Crippen molar-refractivity contribution in [3.63, 3.8) is 0 Å². The Balaban J connectivity index is 2.32. The second-order valence-corrected chi connectivity index (χ2v) is 3.13. The summed E-state index contributed by atoms with van der Waals surface area (Å²) >= 11 is 0. The number of oxazole rings is 1. The van der Waals surface area contributed by atoms with Crippen molar-refractivity contribution in [1.82, 2.24) is 4.98 Å². The molecule has 0 aliphatic heterocycles. The molecule has 84 valence electrons. The Kier molecular flexibility index (Phi) is 2.76. The van der Waals surface area contributed by atoms with Gasteiger partial charge in [0.05, 0.1) is 18.6 Å². The first kappa shape index (κ1) is 10.5. The van der Waals surface area contributed by atoms with Crippen molar-refractivity contribution >= 4 is 5.97 Å². The largest absolute Gasteiger partial charge is 0.460 e. The van der Waals surface area contributed by atoms with Crippen LogP contribution in [0.1, 0.15) is 23.2 Å². The summed E-state index contributed by atoms with van der Waals surface area (Å²) in [5, 5.41) is 0. The maximum Gasteiger partial charge on any atom is 0.376 e. The third-order valence-corrected chi connectivity index (χ3v) is 1.99. The van der Waals surface area contributed by atoms with Crippen molar-refractivity contribution in [2.75, 3.05) is 6.61 Å². The number of nitrogens with zero attached hydrogens (tertiary/aromatic N) is 1. The lowest BCUT2D eigenvalue weighted by Crippen LogP contribution is -2.04. The predicted molar refractivity (Wildman–Crippen MR) is 54.9 cm³/mol. The SMILES string of the molecule is CCOC(=O)c1oc(-c2ccco2)nc1C. The van der Waals surface area contributed by atoms with E-state index in [-0.39, 0.29) is 11.7 Å². The van der Waals surface area contributed by atoms with E-state index in [1.165, 1.54) is 6.26 Å². The minimum Gasteiger partial charge on any atom is -0.460 e. The van der Waals surface area contributed by atoms with Gasteiger partial charge in [-0.2, -0.15) is 0 Å². The summed E-state index contributed by atoms with van der Waals surface area (Å²) in [5.74, 6) is 0.378. The average Bonchev–Trinajstić information content (AvgIpc) is 2.86. The van der Waals surface area contributed by atoms with E-state index in [1.54, 1.807) is 26.0 Å². The lowest BCUT2D eigenvalue weighted by Gasteiger charge is -1.96. The normalized spacial score (nSPS) is 10.4. The molecule has 0 N–H and O–H groups in total. The minimum atomic E-state index is -0.509. The van der Waals surface area contributed by atoms with Crippen LogP contribution in [0.4, 0.5) is 0 Å². The molecule has 5 heteroatoms. The van der Waals surface area contributed by atoms with Crippen molar-refractivity contribution < 1.29 is 18.4 Å². The zero-order valence-electron chi connectivity index (χ0n) is 9.02. The quantitative estimate of drug-likeness (QED) is 0.744. The number of ether oxygens (including phenoxy) is 1. The van der Waals surface area contributed by atoms with Gasteiger partial charge in [0.25, 0.3) is 5.89 Å². The van der Waals surface area contributed by atoms with Gasteiger partial charge >= 0.3 is 5.97 Å². The average molecular weight is 221 g/mol. The Hall–Kier alpha value is -2.04. The molecular formula is C11H11NO4. The number of aryl methyl sites for hydroxylation is 1. The lowest BCUT2D eigenvalue weighted by atomic mass is 10.4. The van der Waals surface area contributed by atoms with Crippen molar-refractivity contribution in [2.45, 2.75) is 13.8 Å². The first-order valence-corrected chi connectivity index (χ1v) is 4.90. The Morgan fingerprint density at radius 1 is 1.56 bits per heavy atom. The Morgan fingerprint density at radius 2 is 2.38 bits per heavy atom. The molecule has 5 nitrogen and oxygen atoms in total. The van der Waals surface area contributed by atoms with Crippen LogP contribution in [0.15, 0.2) is 27.2 Å². The van der Waals surface area contributed by atoms with Crippen LogP contribution < -0.4 is 0 Å². The molecule has 0 bridgehead atoms. The van der Waals surface area contributed by atoms with Gasteiger partial charge in [0.1, 0.15) is 0 Å². The monoisotopic (exact) mass is 221 g/mol. The molecule has 0 aliphatic rings. The van der Waals surface area contributed by atoms with Gasteiger partial charge in [0.15, 0.2) is 5.76 Å². The molecule has 0 atom stereocenters. The van der Waals surface area contributed by atoms with E-state index >= 15 is 0 Å². The smallest absolute Gasteiger partial charge is 0.376 e. The van der Waals surface area contributed by atoms with Gasteiger partial charge in [-0.25, -0.2) is 9.78 Å². The van der Waals surface area contributed by atoms with Crippen LogP contribution in [-0.2, 0) is 4.74 Å². The van der Waals surface area contributed by atoms with Crippen LogP contribution in [0.25, 0.3) is 11.7 Å². The molecule has 2 aromatic rings. The number of hydrogen-bond donors (Lipinski definition) is 0. The molecule has 2 rings (SSSR count). The Labute approximate surface area is 92.0 Å². The van der Waals surface area contributed by atoms with Crippen molar-refractivity contribution in [3.8, 4) is 11.7 Å². The van der Waals surface area contributed by atoms with Gasteiger partial charge in [0.2, 0.25) is 5.76 Å². The lowest BCUT2D eigenvalue weighted by molar-refractivity contribution is 0.0490. The number of esters is 1. The van der Waals surface area contributed by atoms with Crippen LogP contribution in [0.5, 0.6) is 0 Å². The highest BCUT2D eigenvalue weighted by Crippen LogP contribution is 2.22. The first-order chi connectivity index (χ1) is 7.72. The molecule has 0 radical (unpaired) electrons. The molecule has 2 aromatic heterocycles. The fourth-order valence-electron chi connectivity index (χ4n) is 1.29. The number of carbonyl (C=O) groups excluding carboxylic acids is 1. The zero-order valence-corrected chi connectivity index (χ0v) is 9.02. The standard InChI is InChI=1S/C11H11NO4/c1-3-14-11(13)9-7(2)12-10(16-9)8-5-4-6-15-8/h4-6H,3H2,1-2H3. The molecule has 0 saturated heterocycles. The van der Waals surface area contributed by atoms with E-state index < -0.39 is 5.97 Å². The van der Waals surface area contributed by atoms with Gasteiger partial charge in [0, 0.05) is 0 Å². The fraction of sp³-hybridized carbons (Fsp3) is 0.273. The van der Waals surface area contributed by atoms with Gasteiger partial charge in [-0.3, -0.25) is 0 Å². The second kappa shape index (κ2) is 4.22. The summed E-state index contributed by atoms with van der Waals surface area (Å²) in [4.78, 5) is 15.6. The summed E-state index contributed by atoms with van der Waals surface area (Å²) < 4.78 is 15.2. The van der Waals surface area contributed by atoms with E-state index in [4.69, 9.17) is 13.6 Å². The summed E-state index contributed by atoms with van der Waals surface area (Å²) in [5.41, 5.74) is 0.491. The van der Waals surface area contributed by atoms with Gasteiger partial charge < -0.3 is 13.6 Å². The molecule has 0 saturated carbocycles. The molecule has 0 amide bonds. The van der Waals surface area contributed by atoms with Crippen LogP contribution in [0.3, 0.4) is 0 Å². The van der Waals surface area contributed by atoms with Gasteiger partial charge in [-0.15, -0.1) is 0 Å². The van der Waals surface area contributed by atoms with Crippen LogP contribution >= 0.6 is 0 Å². The summed E-state index contributed by atoms with van der Waals surface area (Å²) in [6.45, 7) is 3.72. The Bertz CT molecular complexity index is 484. The van der Waals surface area contributed by atoms with Crippen LogP contribution in [-0.4, -0.2) is 17.6 Å². The van der Waals surface area contributed by atoms with E-state index in [0.29, 0.717) is 18.1 Å². The minimum absolute atomic E-state index is 0.119. The first-order valence-electron chi connectivity index (χ1n) is 4.90. The van der Waals surface area contributed by atoms with Crippen molar-refractivity contribution in [2.24, 2.45) is 0 Å². The Morgan fingerprint density at radius 3 is 3.00 bits per heavy atom. The van der Waals surface area contributed by atoms with Gasteiger partial charge in [-0.05, 0) is 26.0 Å². The maximum atomic E-state index is 11.5. The van der Waals surface area contributed by atoms with Crippen LogP contribution in [0, 0.1) is 6.92 Å². The molecule has 0 fully saturated rings. The van der Waals surface area contributed by atoms with E-state index in [9.17, 15) is 4.79 Å². The van der Waals surface area contributed by atoms with E-state index in [0.717, 1.165) is 0 Å². The van der Waals surface area contributed by atoms with E-state index in [1.807, 2.05) is 0 Å². The molecule has 0 unspecified atom stereocenters. The van der Waals surface area contributed by atoms with Crippen LogP contribution in [0.2, 0.25) is 0 Å². The van der Waals surface area contributed by atoms with Crippen molar-refractivity contribution in [1.29, 1.82) is 0 Å². The topological polar surface area (TPSA) is 65.5 Å². The van der Waals surface area contributed by atoms with Gasteiger partial charge in [-0.1, -0.05) is 0 Å². The highest BCUT2D eigenvalue weighted by molar-refractivity contribution is 5.87. The number of furan rings is 1. The number of carbonyl (C=O) groups is 1.